The number of hydrogen-bond acceptors (Lipinski definition) is 2. The lowest BCUT2D eigenvalue weighted by atomic mass is 9.86. The normalized spacial score (nSPS) is 24.5. The Labute approximate surface area is 115 Å². The molecule has 0 saturated carbocycles. The van der Waals surface area contributed by atoms with Gasteiger partial charge in [0.15, 0.2) is 0 Å². The third-order valence-corrected chi connectivity index (χ3v) is 4.52. The van der Waals surface area contributed by atoms with E-state index in [1.54, 1.807) is 0 Å². The molecule has 1 fully saturated rings. The Hall–Kier alpha value is -1.35. The molecule has 0 aliphatic carbocycles. The number of nitrogens with zero attached hydrogens (tertiary/aromatic N) is 1. The summed E-state index contributed by atoms with van der Waals surface area (Å²) in [4.78, 5) is 14.8. The molecule has 3 heteroatoms. The number of benzene rings is 1. The van der Waals surface area contributed by atoms with Crippen LogP contribution in [0.15, 0.2) is 24.3 Å². The minimum Gasteiger partial charge on any atom is -0.316 e. The predicted molar refractivity (Wildman–Crippen MR) is 77.2 cm³/mol. The summed E-state index contributed by atoms with van der Waals surface area (Å²) in [5.74, 6) is 1.48. The zero-order valence-corrected chi connectivity index (χ0v) is 11.7. The van der Waals surface area contributed by atoms with Crippen molar-refractivity contribution < 1.29 is 4.79 Å². The number of carbonyl (C=O) groups excluding carboxylic acids is 1. The fraction of sp³-hybridized carbons (Fsp3) is 0.562. The third-order valence-electron chi connectivity index (χ3n) is 4.52. The van der Waals surface area contributed by atoms with Gasteiger partial charge in [-0.2, -0.15) is 0 Å². The molecule has 3 nitrogen and oxygen atoms in total. The Morgan fingerprint density at radius 3 is 2.79 bits per heavy atom. The van der Waals surface area contributed by atoms with E-state index in [4.69, 9.17) is 0 Å². The smallest absolute Gasteiger partial charge is 0.230 e. The highest BCUT2D eigenvalue weighted by molar-refractivity contribution is 5.96. The fourth-order valence-corrected chi connectivity index (χ4v) is 3.12. The summed E-state index contributed by atoms with van der Waals surface area (Å²) in [7, 11) is 0. The van der Waals surface area contributed by atoms with Crippen LogP contribution in [-0.4, -0.2) is 25.5 Å². The topological polar surface area (TPSA) is 32.3 Å². The molecule has 2 atom stereocenters. The van der Waals surface area contributed by atoms with Crippen LogP contribution in [0.2, 0.25) is 0 Å². The van der Waals surface area contributed by atoms with Crippen molar-refractivity contribution in [2.45, 2.75) is 20.3 Å². The Morgan fingerprint density at radius 1 is 1.37 bits per heavy atom. The molecule has 2 aliphatic heterocycles. The minimum atomic E-state index is 0.125. The Balaban J connectivity index is 1.85. The van der Waals surface area contributed by atoms with Crippen LogP contribution >= 0.6 is 0 Å². The Morgan fingerprint density at radius 2 is 2.11 bits per heavy atom. The van der Waals surface area contributed by atoms with Gasteiger partial charge >= 0.3 is 0 Å². The average molecular weight is 258 g/mol. The number of anilines is 1. The van der Waals surface area contributed by atoms with Crippen molar-refractivity contribution in [2.24, 2.45) is 17.8 Å². The summed E-state index contributed by atoms with van der Waals surface area (Å²) in [6.07, 6.45) is 1.08. The van der Waals surface area contributed by atoms with Gasteiger partial charge in [-0.05, 0) is 43.0 Å². The first kappa shape index (κ1) is 12.7. The average Bonchev–Trinajstić information content (AvgIpc) is 2.34. The standard InChI is InChI=1S/C16H22N2O/c1-11-7-13-5-3-4-6-15(13)18(10-11)16(19)12(2)14-8-17-9-14/h3-6,11-12,14,17H,7-10H2,1-2H3. The fourth-order valence-electron chi connectivity index (χ4n) is 3.12. The summed E-state index contributed by atoms with van der Waals surface area (Å²) in [5, 5.41) is 3.26. The summed E-state index contributed by atoms with van der Waals surface area (Å²) in [6.45, 7) is 7.14. The van der Waals surface area contributed by atoms with E-state index in [2.05, 4.69) is 37.4 Å². The summed E-state index contributed by atoms with van der Waals surface area (Å²) in [6, 6.07) is 8.34. The van der Waals surface area contributed by atoms with Gasteiger partial charge in [-0.15, -0.1) is 0 Å². The summed E-state index contributed by atoms with van der Waals surface area (Å²) < 4.78 is 0. The second kappa shape index (κ2) is 4.97. The number of rotatable bonds is 2. The van der Waals surface area contributed by atoms with E-state index < -0.39 is 0 Å². The first-order valence-corrected chi connectivity index (χ1v) is 7.27. The van der Waals surface area contributed by atoms with Crippen molar-refractivity contribution in [1.29, 1.82) is 0 Å². The Kier molecular flexibility index (Phi) is 3.31. The first-order chi connectivity index (χ1) is 9.16. The Bertz CT molecular complexity index is 481. The van der Waals surface area contributed by atoms with Gasteiger partial charge in [0, 0.05) is 18.2 Å². The van der Waals surface area contributed by atoms with Gasteiger partial charge in [0.25, 0.3) is 0 Å². The van der Waals surface area contributed by atoms with Crippen LogP contribution in [0.4, 0.5) is 5.69 Å². The quantitative estimate of drug-likeness (QED) is 0.880. The molecule has 1 amide bonds. The van der Waals surface area contributed by atoms with E-state index in [1.807, 2.05) is 11.0 Å². The second-order valence-electron chi connectivity index (χ2n) is 6.09. The molecule has 0 spiro atoms. The van der Waals surface area contributed by atoms with Crippen molar-refractivity contribution in [3.63, 3.8) is 0 Å². The molecule has 2 heterocycles. The molecular formula is C16H22N2O. The molecule has 1 N–H and O–H groups in total. The molecule has 0 aromatic heterocycles. The summed E-state index contributed by atoms with van der Waals surface area (Å²) >= 11 is 0. The maximum atomic E-state index is 12.7. The van der Waals surface area contributed by atoms with Crippen LogP contribution in [0.1, 0.15) is 19.4 Å². The zero-order chi connectivity index (χ0) is 13.4. The number of para-hydroxylation sites is 1. The molecule has 2 unspecified atom stereocenters. The maximum absolute atomic E-state index is 12.7. The van der Waals surface area contributed by atoms with Crippen molar-refractivity contribution >= 4 is 11.6 Å². The van der Waals surface area contributed by atoms with Crippen LogP contribution < -0.4 is 10.2 Å². The SMILES string of the molecule is CC1Cc2ccccc2N(C(=O)C(C)C2CNC2)C1. The van der Waals surface area contributed by atoms with E-state index in [0.29, 0.717) is 17.7 Å². The molecule has 1 aromatic carbocycles. The van der Waals surface area contributed by atoms with E-state index in [0.717, 1.165) is 31.7 Å². The predicted octanol–water partition coefficient (Wildman–Crippen LogP) is 2.07. The van der Waals surface area contributed by atoms with E-state index in [9.17, 15) is 4.79 Å². The molecule has 1 saturated heterocycles. The van der Waals surface area contributed by atoms with Crippen LogP contribution in [0.5, 0.6) is 0 Å². The molecule has 0 radical (unpaired) electrons. The molecule has 102 valence electrons. The highest BCUT2D eigenvalue weighted by Crippen LogP contribution is 2.31. The number of amides is 1. The van der Waals surface area contributed by atoms with Crippen LogP contribution in [0.25, 0.3) is 0 Å². The van der Waals surface area contributed by atoms with Crippen molar-refractivity contribution in [3.05, 3.63) is 29.8 Å². The van der Waals surface area contributed by atoms with Gasteiger partial charge in [-0.1, -0.05) is 32.0 Å². The lowest BCUT2D eigenvalue weighted by Crippen LogP contribution is -2.51. The molecule has 19 heavy (non-hydrogen) atoms. The molecule has 1 aromatic rings. The number of carbonyl (C=O) groups is 1. The summed E-state index contributed by atoms with van der Waals surface area (Å²) in [5.41, 5.74) is 2.44. The second-order valence-corrected chi connectivity index (χ2v) is 6.09. The highest BCUT2D eigenvalue weighted by Gasteiger charge is 2.34. The largest absolute Gasteiger partial charge is 0.316 e. The van der Waals surface area contributed by atoms with Gasteiger partial charge in [0.2, 0.25) is 5.91 Å². The van der Waals surface area contributed by atoms with E-state index in [1.165, 1.54) is 5.56 Å². The van der Waals surface area contributed by atoms with Crippen molar-refractivity contribution in [3.8, 4) is 0 Å². The van der Waals surface area contributed by atoms with Gasteiger partial charge in [-0.3, -0.25) is 4.79 Å². The highest BCUT2D eigenvalue weighted by atomic mass is 16.2. The van der Waals surface area contributed by atoms with Gasteiger partial charge in [-0.25, -0.2) is 0 Å². The van der Waals surface area contributed by atoms with Crippen molar-refractivity contribution in [1.82, 2.24) is 5.32 Å². The van der Waals surface area contributed by atoms with Gasteiger partial charge in [0.05, 0.1) is 0 Å². The van der Waals surface area contributed by atoms with E-state index in [-0.39, 0.29) is 5.92 Å². The van der Waals surface area contributed by atoms with Crippen molar-refractivity contribution in [2.75, 3.05) is 24.5 Å². The number of hydrogen-bond donors (Lipinski definition) is 1. The molecular weight excluding hydrogens is 236 g/mol. The van der Waals surface area contributed by atoms with Crippen LogP contribution in [0.3, 0.4) is 0 Å². The minimum absolute atomic E-state index is 0.125. The van der Waals surface area contributed by atoms with Crippen LogP contribution in [-0.2, 0) is 11.2 Å². The van der Waals surface area contributed by atoms with E-state index >= 15 is 0 Å². The van der Waals surface area contributed by atoms with Crippen LogP contribution in [0, 0.1) is 17.8 Å². The van der Waals surface area contributed by atoms with Gasteiger partial charge < -0.3 is 10.2 Å². The lowest BCUT2D eigenvalue weighted by molar-refractivity contribution is -0.124. The number of fused-ring (bicyclic) bond motifs is 1. The molecule has 0 bridgehead atoms. The lowest BCUT2D eigenvalue weighted by Gasteiger charge is -2.38. The number of nitrogens with one attached hydrogen (secondary N) is 1. The zero-order valence-electron chi connectivity index (χ0n) is 11.7. The maximum Gasteiger partial charge on any atom is 0.230 e. The van der Waals surface area contributed by atoms with Gasteiger partial charge in [0.1, 0.15) is 0 Å². The monoisotopic (exact) mass is 258 g/mol. The molecule has 3 rings (SSSR count). The third kappa shape index (κ3) is 2.27. The molecule has 2 aliphatic rings. The first-order valence-electron chi connectivity index (χ1n) is 7.27.